The first-order valence-corrected chi connectivity index (χ1v) is 6.37. The summed E-state index contributed by atoms with van der Waals surface area (Å²) in [6.45, 7) is 3.86. The Morgan fingerprint density at radius 2 is 1.84 bits per heavy atom. The summed E-state index contributed by atoms with van der Waals surface area (Å²) in [4.78, 5) is 13.4. The van der Waals surface area contributed by atoms with Crippen LogP contribution in [0.1, 0.15) is 5.69 Å². The molecular weight excluding hydrogens is 238 g/mol. The molecule has 1 heterocycles. The van der Waals surface area contributed by atoms with Gasteiger partial charge in [-0.15, -0.1) is 0 Å². The van der Waals surface area contributed by atoms with E-state index in [-0.39, 0.29) is 0 Å². The van der Waals surface area contributed by atoms with Gasteiger partial charge in [-0.2, -0.15) is 0 Å². The minimum absolute atomic E-state index is 0.743. The van der Waals surface area contributed by atoms with Gasteiger partial charge in [0.2, 0.25) is 5.95 Å². The van der Waals surface area contributed by atoms with Crippen molar-refractivity contribution >= 4 is 22.5 Å². The van der Waals surface area contributed by atoms with Crippen molar-refractivity contribution in [3.63, 3.8) is 0 Å². The lowest BCUT2D eigenvalue weighted by atomic mass is 10.2. The maximum absolute atomic E-state index is 5.80. The van der Waals surface area contributed by atoms with Crippen LogP contribution in [0.3, 0.4) is 0 Å². The average molecular weight is 259 g/mol. The number of hydrogen-bond acceptors (Lipinski definition) is 5. The molecule has 1 aromatic heterocycles. The molecule has 0 unspecified atom stereocenters. The van der Waals surface area contributed by atoms with Gasteiger partial charge >= 0.3 is 0 Å². The van der Waals surface area contributed by atoms with Crippen LogP contribution in [0.15, 0.2) is 18.2 Å². The van der Waals surface area contributed by atoms with Crippen LogP contribution in [0.5, 0.6) is 0 Å². The fourth-order valence-electron chi connectivity index (χ4n) is 1.90. The highest BCUT2D eigenvalue weighted by molar-refractivity contribution is 5.84. The summed E-state index contributed by atoms with van der Waals surface area (Å²) >= 11 is 0. The molecule has 0 spiro atoms. The van der Waals surface area contributed by atoms with Crippen LogP contribution in [-0.2, 0) is 0 Å². The Morgan fingerprint density at radius 3 is 2.53 bits per heavy atom. The molecule has 0 radical (unpaired) electrons. The van der Waals surface area contributed by atoms with Crippen LogP contribution < -0.4 is 10.6 Å². The number of aryl methyl sites for hydroxylation is 1. The van der Waals surface area contributed by atoms with E-state index in [1.54, 1.807) is 0 Å². The fraction of sp³-hybridized carbons (Fsp3) is 0.429. The molecule has 0 aliphatic heterocycles. The topological polar surface area (TPSA) is 58.3 Å². The van der Waals surface area contributed by atoms with Crippen molar-refractivity contribution in [2.45, 2.75) is 6.92 Å². The van der Waals surface area contributed by atoms with E-state index in [0.29, 0.717) is 0 Å². The lowest BCUT2D eigenvalue weighted by Gasteiger charge is -2.20. The van der Waals surface area contributed by atoms with Crippen LogP contribution in [0.4, 0.5) is 11.6 Å². The Balaban J connectivity index is 2.32. The number of hydrogen-bond donors (Lipinski definition) is 1. The van der Waals surface area contributed by atoms with Gasteiger partial charge in [-0.05, 0) is 39.2 Å². The largest absolute Gasteiger partial charge is 0.399 e. The van der Waals surface area contributed by atoms with Gasteiger partial charge in [0.15, 0.2) is 0 Å². The van der Waals surface area contributed by atoms with Crippen molar-refractivity contribution in [2.24, 2.45) is 0 Å². The minimum atomic E-state index is 0.743. The predicted molar refractivity (Wildman–Crippen MR) is 80.5 cm³/mol. The van der Waals surface area contributed by atoms with Crippen LogP contribution in [0, 0.1) is 6.92 Å². The summed E-state index contributed by atoms with van der Waals surface area (Å²) < 4.78 is 0. The predicted octanol–water partition coefficient (Wildman–Crippen LogP) is 1.52. The standard InChI is InChI=1S/C14H21N5/c1-10-12-9-11(15)5-6-13(12)17-14(16-10)19(4)8-7-18(2)3/h5-6,9H,7-8,15H2,1-4H3. The summed E-state index contributed by atoms with van der Waals surface area (Å²) in [6.07, 6.45) is 0. The van der Waals surface area contributed by atoms with Gasteiger partial charge in [-0.3, -0.25) is 0 Å². The van der Waals surface area contributed by atoms with Gasteiger partial charge in [0.25, 0.3) is 0 Å². The van der Waals surface area contributed by atoms with Crippen molar-refractivity contribution in [1.82, 2.24) is 14.9 Å². The van der Waals surface area contributed by atoms with E-state index in [1.807, 2.05) is 32.2 Å². The number of nitrogens with zero attached hydrogens (tertiary/aromatic N) is 4. The lowest BCUT2D eigenvalue weighted by Crippen LogP contribution is -2.29. The molecule has 0 atom stereocenters. The Labute approximate surface area is 114 Å². The van der Waals surface area contributed by atoms with Crippen molar-refractivity contribution in [3.05, 3.63) is 23.9 Å². The molecule has 0 amide bonds. The van der Waals surface area contributed by atoms with Gasteiger partial charge < -0.3 is 15.5 Å². The molecule has 5 nitrogen and oxygen atoms in total. The second kappa shape index (κ2) is 5.40. The Bertz CT molecular complexity index is 579. The molecule has 1 aromatic carbocycles. The third-order valence-corrected chi connectivity index (χ3v) is 3.12. The lowest BCUT2D eigenvalue weighted by molar-refractivity contribution is 0.415. The molecule has 0 aliphatic rings. The first-order chi connectivity index (χ1) is 8.97. The van der Waals surface area contributed by atoms with Gasteiger partial charge in [0, 0.05) is 31.2 Å². The van der Waals surface area contributed by atoms with E-state index in [4.69, 9.17) is 5.73 Å². The Kier molecular flexibility index (Phi) is 3.85. The van der Waals surface area contributed by atoms with E-state index in [2.05, 4.69) is 33.9 Å². The van der Waals surface area contributed by atoms with Crippen molar-refractivity contribution in [3.8, 4) is 0 Å². The van der Waals surface area contributed by atoms with E-state index in [0.717, 1.165) is 41.3 Å². The van der Waals surface area contributed by atoms with Crippen LogP contribution >= 0.6 is 0 Å². The molecule has 2 rings (SSSR count). The summed E-state index contributed by atoms with van der Waals surface area (Å²) in [7, 11) is 6.13. The monoisotopic (exact) mass is 259 g/mol. The molecule has 0 saturated heterocycles. The summed E-state index contributed by atoms with van der Waals surface area (Å²) in [5, 5.41) is 1.02. The number of likely N-dealkylation sites (N-methyl/N-ethyl adjacent to an activating group) is 2. The molecule has 102 valence electrons. The molecule has 2 aromatic rings. The fourth-order valence-corrected chi connectivity index (χ4v) is 1.90. The van der Waals surface area contributed by atoms with Crippen LogP contribution in [0.25, 0.3) is 10.9 Å². The van der Waals surface area contributed by atoms with Crippen molar-refractivity contribution < 1.29 is 0 Å². The van der Waals surface area contributed by atoms with E-state index >= 15 is 0 Å². The minimum Gasteiger partial charge on any atom is -0.399 e. The molecule has 0 saturated carbocycles. The van der Waals surface area contributed by atoms with E-state index in [1.165, 1.54) is 0 Å². The highest BCUT2D eigenvalue weighted by Crippen LogP contribution is 2.20. The SMILES string of the molecule is Cc1nc(N(C)CCN(C)C)nc2ccc(N)cc12. The third-order valence-electron chi connectivity index (χ3n) is 3.12. The molecule has 5 heteroatoms. The Morgan fingerprint density at radius 1 is 1.11 bits per heavy atom. The maximum atomic E-state index is 5.80. The Hall–Kier alpha value is -1.88. The quantitative estimate of drug-likeness (QED) is 0.844. The number of benzene rings is 1. The zero-order valence-corrected chi connectivity index (χ0v) is 12.0. The highest BCUT2D eigenvalue weighted by atomic mass is 15.2. The highest BCUT2D eigenvalue weighted by Gasteiger charge is 2.09. The van der Waals surface area contributed by atoms with Crippen molar-refractivity contribution in [1.29, 1.82) is 0 Å². The van der Waals surface area contributed by atoms with Crippen molar-refractivity contribution in [2.75, 3.05) is 44.9 Å². The summed E-state index contributed by atoms with van der Waals surface area (Å²) in [5.74, 6) is 0.761. The molecule has 19 heavy (non-hydrogen) atoms. The summed E-state index contributed by atoms with van der Waals surface area (Å²) in [5.41, 5.74) is 8.44. The zero-order chi connectivity index (χ0) is 14.0. The molecular formula is C14H21N5. The van der Waals surface area contributed by atoms with E-state index < -0.39 is 0 Å². The second-order valence-corrected chi connectivity index (χ2v) is 5.11. The molecule has 2 N–H and O–H groups in total. The number of nitrogen functional groups attached to an aromatic ring is 1. The first-order valence-electron chi connectivity index (χ1n) is 6.37. The second-order valence-electron chi connectivity index (χ2n) is 5.11. The number of anilines is 2. The molecule has 0 bridgehead atoms. The van der Waals surface area contributed by atoms with E-state index in [9.17, 15) is 0 Å². The number of aromatic nitrogens is 2. The van der Waals surface area contributed by atoms with Gasteiger partial charge in [-0.1, -0.05) is 0 Å². The molecule has 0 aliphatic carbocycles. The summed E-state index contributed by atoms with van der Waals surface area (Å²) in [6, 6.07) is 5.75. The smallest absolute Gasteiger partial charge is 0.225 e. The molecule has 0 fully saturated rings. The average Bonchev–Trinajstić information content (AvgIpc) is 2.36. The third kappa shape index (κ3) is 3.12. The first kappa shape index (κ1) is 13.5. The van der Waals surface area contributed by atoms with Crippen LogP contribution in [-0.4, -0.2) is 49.1 Å². The van der Waals surface area contributed by atoms with Gasteiger partial charge in [-0.25, -0.2) is 9.97 Å². The van der Waals surface area contributed by atoms with Crippen LogP contribution in [0.2, 0.25) is 0 Å². The normalized spacial score (nSPS) is 11.2. The number of rotatable bonds is 4. The number of nitrogens with two attached hydrogens (primary N) is 1. The van der Waals surface area contributed by atoms with Gasteiger partial charge in [0.1, 0.15) is 0 Å². The zero-order valence-electron chi connectivity index (χ0n) is 12.0. The van der Waals surface area contributed by atoms with Gasteiger partial charge in [0.05, 0.1) is 11.2 Å². The number of fused-ring (bicyclic) bond motifs is 1. The maximum Gasteiger partial charge on any atom is 0.225 e.